The lowest BCUT2D eigenvalue weighted by Crippen LogP contribution is -2.20. The molecule has 0 spiro atoms. The van der Waals surface area contributed by atoms with Gasteiger partial charge in [-0.15, -0.1) is 11.3 Å². The van der Waals surface area contributed by atoms with Crippen LogP contribution in [0.25, 0.3) is 22.4 Å². The Morgan fingerprint density at radius 3 is 2.71 bits per heavy atom. The Morgan fingerprint density at radius 1 is 1.10 bits per heavy atom. The van der Waals surface area contributed by atoms with Crippen molar-refractivity contribution in [2.24, 2.45) is 0 Å². The van der Waals surface area contributed by atoms with Crippen molar-refractivity contribution in [2.45, 2.75) is 25.7 Å². The van der Waals surface area contributed by atoms with Gasteiger partial charge in [0.05, 0.1) is 23.7 Å². The second kappa shape index (κ2) is 8.43. The number of imidazole rings is 1. The Kier molecular flexibility index (Phi) is 5.34. The number of ether oxygens (including phenoxy) is 2. The lowest BCUT2D eigenvalue weighted by molar-refractivity contribution is -0.118. The van der Waals surface area contributed by atoms with E-state index in [1.807, 2.05) is 36.4 Å². The second-order valence-electron chi connectivity index (χ2n) is 7.51. The molecule has 1 amide bonds. The fourth-order valence-corrected chi connectivity index (χ4v) is 5.33. The van der Waals surface area contributed by atoms with Gasteiger partial charge in [0.15, 0.2) is 18.1 Å². The van der Waals surface area contributed by atoms with Crippen LogP contribution in [0.3, 0.4) is 0 Å². The number of rotatable bonds is 6. The molecular weight excluding hydrogens is 410 g/mol. The standard InChI is InChI=1S/C24H23N3O3S/c1-29-18-11-5-6-12-19(18)30-14-21(28)27-24-22(15-8-2-7-13-20(15)31-24)23-25-16-9-3-4-10-17(16)26-23/h3-6,9-12H,2,7-8,13-14H2,1H3,(H,25,26)(H,27,28). The van der Waals surface area contributed by atoms with Crippen molar-refractivity contribution in [1.82, 2.24) is 9.97 Å². The minimum atomic E-state index is -0.207. The summed E-state index contributed by atoms with van der Waals surface area (Å²) in [5.74, 6) is 1.75. The molecule has 7 heteroatoms. The third kappa shape index (κ3) is 3.88. The Labute approximate surface area is 184 Å². The van der Waals surface area contributed by atoms with E-state index in [2.05, 4.69) is 10.3 Å². The number of carbonyl (C=O) groups excluding carboxylic acids is 1. The highest BCUT2D eigenvalue weighted by atomic mass is 32.1. The van der Waals surface area contributed by atoms with E-state index in [1.54, 1.807) is 30.6 Å². The highest BCUT2D eigenvalue weighted by Crippen LogP contribution is 2.43. The van der Waals surface area contributed by atoms with Crippen LogP contribution in [-0.4, -0.2) is 29.6 Å². The molecule has 0 aliphatic heterocycles. The number of benzene rings is 2. The summed E-state index contributed by atoms with van der Waals surface area (Å²) < 4.78 is 11.0. The van der Waals surface area contributed by atoms with Crippen molar-refractivity contribution >= 4 is 33.3 Å². The molecule has 1 aliphatic carbocycles. The van der Waals surface area contributed by atoms with Crippen molar-refractivity contribution < 1.29 is 14.3 Å². The molecule has 0 fully saturated rings. The van der Waals surface area contributed by atoms with Crippen molar-refractivity contribution in [3.8, 4) is 22.9 Å². The minimum Gasteiger partial charge on any atom is -0.493 e. The summed E-state index contributed by atoms with van der Waals surface area (Å²) in [5.41, 5.74) is 4.23. The zero-order valence-corrected chi connectivity index (χ0v) is 18.1. The van der Waals surface area contributed by atoms with Gasteiger partial charge in [-0.2, -0.15) is 0 Å². The first-order valence-electron chi connectivity index (χ1n) is 10.4. The first kappa shape index (κ1) is 19.6. The van der Waals surface area contributed by atoms with Crippen LogP contribution < -0.4 is 14.8 Å². The number of carbonyl (C=O) groups is 1. The number of hydrogen-bond acceptors (Lipinski definition) is 5. The summed E-state index contributed by atoms with van der Waals surface area (Å²) in [5, 5.41) is 3.91. The lowest BCUT2D eigenvalue weighted by Gasteiger charge is -2.12. The van der Waals surface area contributed by atoms with E-state index in [0.29, 0.717) is 11.5 Å². The van der Waals surface area contributed by atoms with Crippen LogP contribution in [0, 0.1) is 0 Å². The monoisotopic (exact) mass is 433 g/mol. The van der Waals surface area contributed by atoms with Crippen LogP contribution in [-0.2, 0) is 17.6 Å². The largest absolute Gasteiger partial charge is 0.493 e. The van der Waals surface area contributed by atoms with E-state index < -0.39 is 0 Å². The summed E-state index contributed by atoms with van der Waals surface area (Å²) >= 11 is 1.65. The van der Waals surface area contributed by atoms with Crippen LogP contribution in [0.1, 0.15) is 23.3 Å². The maximum atomic E-state index is 12.8. The molecule has 2 aromatic heterocycles. The van der Waals surface area contributed by atoms with Gasteiger partial charge < -0.3 is 19.8 Å². The number of nitrogens with zero attached hydrogens (tertiary/aromatic N) is 1. The summed E-state index contributed by atoms with van der Waals surface area (Å²) in [7, 11) is 1.58. The molecule has 0 saturated carbocycles. The summed E-state index contributed by atoms with van der Waals surface area (Å²) in [4.78, 5) is 22.3. The number of aromatic nitrogens is 2. The smallest absolute Gasteiger partial charge is 0.262 e. The van der Waals surface area contributed by atoms with Gasteiger partial charge in [0.25, 0.3) is 5.91 Å². The predicted octanol–water partition coefficient (Wildman–Crippen LogP) is 5.20. The molecule has 31 heavy (non-hydrogen) atoms. The van der Waals surface area contributed by atoms with Crippen molar-refractivity contribution in [3.63, 3.8) is 0 Å². The molecule has 2 heterocycles. The van der Waals surface area contributed by atoms with Crippen molar-refractivity contribution in [1.29, 1.82) is 0 Å². The summed E-state index contributed by atoms with van der Waals surface area (Å²) in [6.07, 6.45) is 4.38. The first-order chi connectivity index (χ1) is 15.2. The number of amides is 1. The van der Waals surface area contributed by atoms with E-state index in [9.17, 15) is 4.79 Å². The third-order valence-electron chi connectivity index (χ3n) is 5.48. The molecule has 0 atom stereocenters. The number of para-hydroxylation sites is 4. The lowest BCUT2D eigenvalue weighted by atomic mass is 9.95. The fourth-order valence-electron chi connectivity index (χ4n) is 4.02. The van der Waals surface area contributed by atoms with Gasteiger partial charge in [0.2, 0.25) is 0 Å². The number of thiophene rings is 1. The van der Waals surface area contributed by atoms with Crippen molar-refractivity contribution in [2.75, 3.05) is 19.0 Å². The number of fused-ring (bicyclic) bond motifs is 2. The maximum Gasteiger partial charge on any atom is 0.262 e. The van der Waals surface area contributed by atoms with Crippen LogP contribution in [0.2, 0.25) is 0 Å². The number of aromatic amines is 1. The highest BCUT2D eigenvalue weighted by Gasteiger charge is 2.25. The van der Waals surface area contributed by atoms with Gasteiger partial charge in [-0.05, 0) is 55.5 Å². The van der Waals surface area contributed by atoms with Crippen LogP contribution in [0.4, 0.5) is 5.00 Å². The number of aryl methyl sites for hydroxylation is 1. The van der Waals surface area contributed by atoms with Crippen molar-refractivity contribution in [3.05, 3.63) is 59.0 Å². The van der Waals surface area contributed by atoms with E-state index in [0.717, 1.165) is 46.7 Å². The van der Waals surface area contributed by atoms with Gasteiger partial charge >= 0.3 is 0 Å². The Balaban J connectivity index is 1.42. The minimum absolute atomic E-state index is 0.0947. The molecule has 1 aliphatic rings. The molecule has 2 aromatic carbocycles. The Morgan fingerprint density at radius 2 is 1.87 bits per heavy atom. The van der Waals surface area contributed by atoms with Crippen LogP contribution in [0.5, 0.6) is 11.5 Å². The van der Waals surface area contributed by atoms with E-state index in [1.165, 1.54) is 16.9 Å². The maximum absolute atomic E-state index is 12.8. The van der Waals surface area contributed by atoms with Crippen LogP contribution >= 0.6 is 11.3 Å². The van der Waals surface area contributed by atoms with Gasteiger partial charge in [0, 0.05) is 4.88 Å². The van der Waals surface area contributed by atoms with Gasteiger partial charge in [-0.25, -0.2) is 4.98 Å². The molecule has 5 rings (SSSR count). The van der Waals surface area contributed by atoms with Gasteiger partial charge in [-0.3, -0.25) is 4.79 Å². The van der Waals surface area contributed by atoms with Gasteiger partial charge in [-0.1, -0.05) is 24.3 Å². The normalized spacial score (nSPS) is 13.1. The summed E-state index contributed by atoms with van der Waals surface area (Å²) in [6.45, 7) is -0.0947. The summed E-state index contributed by atoms with van der Waals surface area (Å²) in [6, 6.07) is 15.3. The van der Waals surface area contributed by atoms with Gasteiger partial charge in [0.1, 0.15) is 10.8 Å². The average Bonchev–Trinajstić information content (AvgIpc) is 3.38. The molecule has 0 bridgehead atoms. The topological polar surface area (TPSA) is 76.2 Å². The quantitative estimate of drug-likeness (QED) is 0.438. The zero-order valence-electron chi connectivity index (χ0n) is 17.2. The fraction of sp³-hybridized carbons (Fsp3) is 0.250. The predicted molar refractivity (Wildman–Crippen MR) is 123 cm³/mol. The second-order valence-corrected chi connectivity index (χ2v) is 8.61. The first-order valence-corrected chi connectivity index (χ1v) is 11.2. The Hall–Kier alpha value is -3.32. The molecule has 2 N–H and O–H groups in total. The molecular formula is C24H23N3O3S. The van der Waals surface area contributed by atoms with E-state index in [-0.39, 0.29) is 12.5 Å². The SMILES string of the molecule is COc1ccccc1OCC(=O)Nc1sc2c(c1-c1nc3ccccc3[nH]1)CCCC2. The Bertz CT molecular complexity index is 1210. The van der Waals surface area contributed by atoms with Crippen LogP contribution in [0.15, 0.2) is 48.5 Å². The molecule has 158 valence electrons. The number of H-pyrrole nitrogens is 1. The molecule has 4 aromatic rings. The molecule has 0 unspecified atom stereocenters. The van der Waals surface area contributed by atoms with E-state index >= 15 is 0 Å². The number of hydrogen-bond donors (Lipinski definition) is 2. The number of nitrogens with one attached hydrogen (secondary N) is 2. The third-order valence-corrected chi connectivity index (χ3v) is 6.69. The van der Waals surface area contributed by atoms with E-state index in [4.69, 9.17) is 14.5 Å². The highest BCUT2D eigenvalue weighted by molar-refractivity contribution is 7.17. The average molecular weight is 434 g/mol. The molecule has 0 saturated heterocycles. The molecule has 0 radical (unpaired) electrons. The number of methoxy groups -OCH3 is 1. The number of anilines is 1. The zero-order chi connectivity index (χ0) is 21.2. The molecule has 6 nitrogen and oxygen atoms in total.